The Bertz CT molecular complexity index is 488. The molecule has 0 aliphatic carbocycles. The third kappa shape index (κ3) is 1.29. The molecule has 0 radical (unpaired) electrons. The molecule has 1 saturated heterocycles. The molecule has 0 unspecified atom stereocenters. The lowest BCUT2D eigenvalue weighted by molar-refractivity contribution is 0.326. The van der Waals surface area contributed by atoms with Crippen molar-refractivity contribution in [2.24, 2.45) is 0 Å². The van der Waals surface area contributed by atoms with Crippen LogP contribution in [0.2, 0.25) is 0 Å². The Balaban J connectivity index is 2.09. The van der Waals surface area contributed by atoms with Gasteiger partial charge in [-0.05, 0) is 18.2 Å². The molecule has 1 aliphatic heterocycles. The van der Waals surface area contributed by atoms with Crippen LogP contribution in [0.4, 0.5) is 0 Å². The minimum atomic E-state index is 0.510. The molecule has 15 heavy (non-hydrogen) atoms. The summed E-state index contributed by atoms with van der Waals surface area (Å²) < 4.78 is 7.27. The average molecular weight is 203 g/mol. The Kier molecular flexibility index (Phi) is 1.89. The Labute approximate surface area is 87.8 Å². The van der Waals surface area contributed by atoms with Crippen LogP contribution in [0.1, 0.15) is 6.04 Å². The van der Waals surface area contributed by atoms with Crippen LogP contribution in [-0.2, 0) is 0 Å². The second-order valence-electron chi connectivity index (χ2n) is 3.83. The van der Waals surface area contributed by atoms with Crippen LogP contribution in [0, 0.1) is 0 Å². The van der Waals surface area contributed by atoms with Gasteiger partial charge in [-0.2, -0.15) is 5.10 Å². The van der Waals surface area contributed by atoms with Gasteiger partial charge in [0, 0.05) is 18.5 Å². The number of rotatable bonds is 2. The first-order valence-corrected chi connectivity index (χ1v) is 5.10. The van der Waals surface area contributed by atoms with E-state index in [1.165, 1.54) is 5.52 Å². The maximum atomic E-state index is 5.18. The van der Waals surface area contributed by atoms with Crippen molar-refractivity contribution in [1.29, 1.82) is 0 Å². The van der Waals surface area contributed by atoms with E-state index in [1.807, 2.05) is 18.3 Å². The van der Waals surface area contributed by atoms with Crippen LogP contribution in [0.3, 0.4) is 0 Å². The van der Waals surface area contributed by atoms with Crippen molar-refractivity contribution in [3.05, 3.63) is 24.4 Å². The number of methoxy groups -OCH3 is 1. The topological polar surface area (TPSA) is 39.1 Å². The first-order valence-electron chi connectivity index (χ1n) is 5.10. The van der Waals surface area contributed by atoms with Crippen LogP contribution >= 0.6 is 0 Å². The smallest absolute Gasteiger partial charge is 0.119 e. The highest BCUT2D eigenvalue weighted by Crippen LogP contribution is 2.23. The molecule has 78 valence electrons. The molecule has 3 rings (SSSR count). The van der Waals surface area contributed by atoms with Gasteiger partial charge in [0.1, 0.15) is 5.75 Å². The molecule has 0 amide bonds. The monoisotopic (exact) mass is 203 g/mol. The molecule has 0 bridgehead atoms. The highest BCUT2D eigenvalue weighted by Gasteiger charge is 2.20. The number of ether oxygens (including phenoxy) is 1. The Morgan fingerprint density at radius 2 is 2.33 bits per heavy atom. The van der Waals surface area contributed by atoms with E-state index in [4.69, 9.17) is 4.74 Å². The standard InChI is InChI=1S/C11H13N3O/c1-15-10-2-3-11-8(4-10)5-13-14(11)9-6-12-7-9/h2-5,9,12H,6-7H2,1H3. The van der Waals surface area contributed by atoms with E-state index in [9.17, 15) is 0 Å². The second-order valence-corrected chi connectivity index (χ2v) is 3.83. The van der Waals surface area contributed by atoms with Crippen molar-refractivity contribution >= 4 is 10.9 Å². The number of benzene rings is 1. The lowest BCUT2D eigenvalue weighted by atomic mass is 10.1. The van der Waals surface area contributed by atoms with Crippen molar-refractivity contribution < 1.29 is 4.74 Å². The van der Waals surface area contributed by atoms with E-state index in [-0.39, 0.29) is 0 Å². The van der Waals surface area contributed by atoms with Gasteiger partial charge in [0.25, 0.3) is 0 Å². The molecular weight excluding hydrogens is 190 g/mol. The van der Waals surface area contributed by atoms with Gasteiger partial charge in [0.2, 0.25) is 0 Å². The van der Waals surface area contributed by atoms with Gasteiger partial charge < -0.3 is 10.1 Å². The molecule has 1 fully saturated rings. The molecule has 0 spiro atoms. The zero-order chi connectivity index (χ0) is 10.3. The minimum absolute atomic E-state index is 0.510. The predicted octanol–water partition coefficient (Wildman–Crippen LogP) is 1.19. The Hall–Kier alpha value is -1.55. The largest absolute Gasteiger partial charge is 0.497 e. The van der Waals surface area contributed by atoms with Crippen LogP contribution in [-0.4, -0.2) is 30.0 Å². The maximum absolute atomic E-state index is 5.18. The summed E-state index contributed by atoms with van der Waals surface area (Å²) >= 11 is 0. The highest BCUT2D eigenvalue weighted by atomic mass is 16.5. The van der Waals surface area contributed by atoms with Crippen LogP contribution in [0.5, 0.6) is 5.75 Å². The summed E-state index contributed by atoms with van der Waals surface area (Å²) in [6, 6.07) is 6.58. The quantitative estimate of drug-likeness (QED) is 0.796. The van der Waals surface area contributed by atoms with Gasteiger partial charge in [0.15, 0.2) is 0 Å². The molecule has 2 heterocycles. The normalized spacial score (nSPS) is 16.6. The molecule has 4 heteroatoms. The lowest BCUT2D eigenvalue weighted by Gasteiger charge is -2.27. The van der Waals surface area contributed by atoms with Crippen molar-refractivity contribution in [3.8, 4) is 5.75 Å². The Morgan fingerprint density at radius 1 is 1.47 bits per heavy atom. The van der Waals surface area contributed by atoms with Gasteiger partial charge >= 0.3 is 0 Å². The summed E-state index contributed by atoms with van der Waals surface area (Å²) in [6.07, 6.45) is 1.90. The third-order valence-corrected chi connectivity index (χ3v) is 2.91. The zero-order valence-corrected chi connectivity index (χ0v) is 8.60. The first kappa shape index (κ1) is 8.73. The molecular formula is C11H13N3O. The average Bonchev–Trinajstić information content (AvgIpc) is 2.59. The summed E-state index contributed by atoms with van der Waals surface area (Å²) in [4.78, 5) is 0. The fraction of sp³-hybridized carbons (Fsp3) is 0.364. The van der Waals surface area contributed by atoms with Gasteiger partial charge in [-0.1, -0.05) is 0 Å². The van der Waals surface area contributed by atoms with Crippen molar-refractivity contribution in [1.82, 2.24) is 15.1 Å². The summed E-state index contributed by atoms with van der Waals surface area (Å²) in [5, 5.41) is 8.81. The highest BCUT2D eigenvalue weighted by molar-refractivity contribution is 5.80. The van der Waals surface area contributed by atoms with E-state index >= 15 is 0 Å². The van der Waals surface area contributed by atoms with Crippen LogP contribution in [0.25, 0.3) is 10.9 Å². The SMILES string of the molecule is COc1ccc2c(cnn2C2CNC2)c1. The fourth-order valence-corrected chi connectivity index (χ4v) is 1.90. The minimum Gasteiger partial charge on any atom is -0.497 e. The molecule has 1 N–H and O–H groups in total. The number of hydrogen-bond donors (Lipinski definition) is 1. The van der Waals surface area contributed by atoms with Crippen LogP contribution < -0.4 is 10.1 Å². The molecule has 1 aromatic carbocycles. The van der Waals surface area contributed by atoms with Crippen LogP contribution in [0.15, 0.2) is 24.4 Å². The molecule has 1 aliphatic rings. The van der Waals surface area contributed by atoms with Gasteiger partial charge in [-0.25, -0.2) is 0 Å². The molecule has 0 saturated carbocycles. The number of hydrogen-bond acceptors (Lipinski definition) is 3. The molecule has 1 aromatic heterocycles. The van der Waals surface area contributed by atoms with Gasteiger partial charge in [0.05, 0.1) is 24.9 Å². The lowest BCUT2D eigenvalue weighted by Crippen LogP contribution is -2.43. The summed E-state index contributed by atoms with van der Waals surface area (Å²) in [5.41, 5.74) is 1.18. The maximum Gasteiger partial charge on any atom is 0.119 e. The predicted molar refractivity (Wildman–Crippen MR) is 58.2 cm³/mol. The Morgan fingerprint density at radius 3 is 3.00 bits per heavy atom. The fourth-order valence-electron chi connectivity index (χ4n) is 1.90. The zero-order valence-electron chi connectivity index (χ0n) is 8.60. The first-order chi connectivity index (χ1) is 7.38. The number of aromatic nitrogens is 2. The second kappa shape index (κ2) is 3.24. The number of nitrogens with zero attached hydrogens (tertiary/aromatic N) is 2. The summed E-state index contributed by atoms with van der Waals surface area (Å²) in [7, 11) is 1.68. The molecule has 0 atom stereocenters. The summed E-state index contributed by atoms with van der Waals surface area (Å²) in [5.74, 6) is 0.883. The van der Waals surface area contributed by atoms with Crippen molar-refractivity contribution in [2.75, 3.05) is 20.2 Å². The van der Waals surface area contributed by atoms with Gasteiger partial charge in [-0.15, -0.1) is 0 Å². The van der Waals surface area contributed by atoms with Crippen molar-refractivity contribution in [3.63, 3.8) is 0 Å². The van der Waals surface area contributed by atoms with E-state index in [1.54, 1.807) is 7.11 Å². The third-order valence-electron chi connectivity index (χ3n) is 2.91. The van der Waals surface area contributed by atoms with E-state index in [2.05, 4.69) is 21.2 Å². The molecule has 4 nitrogen and oxygen atoms in total. The van der Waals surface area contributed by atoms with Crippen molar-refractivity contribution in [2.45, 2.75) is 6.04 Å². The van der Waals surface area contributed by atoms with E-state index < -0.39 is 0 Å². The number of fused-ring (bicyclic) bond motifs is 1. The molecule has 2 aromatic rings. The summed E-state index contributed by atoms with van der Waals surface area (Å²) in [6.45, 7) is 2.03. The van der Waals surface area contributed by atoms with Gasteiger partial charge in [-0.3, -0.25) is 4.68 Å². The van der Waals surface area contributed by atoms with E-state index in [0.717, 1.165) is 24.2 Å². The number of nitrogens with one attached hydrogen (secondary N) is 1. The van der Waals surface area contributed by atoms with E-state index in [0.29, 0.717) is 6.04 Å².